The Kier molecular flexibility index (Phi) is 4.73. The van der Waals surface area contributed by atoms with Crippen molar-refractivity contribution in [2.75, 3.05) is 0 Å². The Morgan fingerprint density at radius 2 is 1.41 bits per heavy atom. The van der Waals surface area contributed by atoms with Crippen LogP contribution in [0.4, 0.5) is 0 Å². The predicted octanol–water partition coefficient (Wildman–Crippen LogP) is 7.63. The number of para-hydroxylation sites is 3. The van der Waals surface area contributed by atoms with Crippen LogP contribution in [0.25, 0.3) is 50.0 Å². The lowest BCUT2D eigenvalue weighted by atomic mass is 9.92. The summed E-state index contributed by atoms with van der Waals surface area (Å²) < 4.78 is 8.66. The molecule has 3 heterocycles. The van der Waals surface area contributed by atoms with Gasteiger partial charge in [0.2, 0.25) is 0 Å². The third kappa shape index (κ3) is 3.04. The molecule has 0 fully saturated rings. The SMILES string of the molecule is CC(C)c1cccc(C(C)C)c1-n1c(-c2cccc3c2oc2ccccc23)nc2cnncc21. The molecule has 3 aromatic carbocycles. The molecule has 168 valence electrons. The second-order valence-corrected chi connectivity index (χ2v) is 9.41. The van der Waals surface area contributed by atoms with Crippen LogP contribution in [0.3, 0.4) is 0 Å². The van der Waals surface area contributed by atoms with Crippen molar-refractivity contribution in [1.82, 2.24) is 19.7 Å². The number of hydrogen-bond donors (Lipinski definition) is 0. The van der Waals surface area contributed by atoms with E-state index in [0.717, 1.165) is 44.4 Å². The van der Waals surface area contributed by atoms with Crippen molar-refractivity contribution in [3.63, 3.8) is 0 Å². The zero-order valence-corrected chi connectivity index (χ0v) is 19.8. The minimum absolute atomic E-state index is 0.343. The van der Waals surface area contributed by atoms with Crippen LogP contribution in [0.5, 0.6) is 0 Å². The summed E-state index contributed by atoms with van der Waals surface area (Å²) in [6.45, 7) is 8.95. The molecule has 0 aliphatic carbocycles. The van der Waals surface area contributed by atoms with Crippen LogP contribution < -0.4 is 0 Å². The van der Waals surface area contributed by atoms with Gasteiger partial charge >= 0.3 is 0 Å². The first-order valence-corrected chi connectivity index (χ1v) is 11.8. The summed E-state index contributed by atoms with van der Waals surface area (Å²) in [7, 11) is 0. The summed E-state index contributed by atoms with van der Waals surface area (Å²) in [5, 5.41) is 10.5. The molecular weight excluding hydrogens is 420 g/mol. The molecule has 0 spiro atoms. The fourth-order valence-electron chi connectivity index (χ4n) is 4.95. The van der Waals surface area contributed by atoms with E-state index in [2.05, 4.69) is 84.9 Å². The molecule has 6 rings (SSSR count). The molecular formula is C29H26N4O. The highest BCUT2D eigenvalue weighted by Crippen LogP contribution is 2.40. The van der Waals surface area contributed by atoms with Crippen LogP contribution in [0.15, 0.2) is 77.5 Å². The maximum atomic E-state index is 6.40. The third-order valence-electron chi connectivity index (χ3n) is 6.58. The molecule has 3 aromatic heterocycles. The molecule has 0 aliphatic rings. The zero-order chi connectivity index (χ0) is 23.4. The summed E-state index contributed by atoms with van der Waals surface area (Å²) in [4.78, 5) is 5.08. The van der Waals surface area contributed by atoms with Crippen LogP contribution in [0.1, 0.15) is 50.7 Å². The summed E-state index contributed by atoms with van der Waals surface area (Å²) >= 11 is 0. The maximum Gasteiger partial charge on any atom is 0.149 e. The summed E-state index contributed by atoms with van der Waals surface area (Å²) in [6.07, 6.45) is 3.55. The van der Waals surface area contributed by atoms with Gasteiger partial charge in [-0.1, -0.05) is 76.2 Å². The normalized spacial score (nSPS) is 12.1. The largest absolute Gasteiger partial charge is 0.455 e. The molecule has 0 N–H and O–H groups in total. The van der Waals surface area contributed by atoms with Crippen molar-refractivity contribution < 1.29 is 4.42 Å². The van der Waals surface area contributed by atoms with E-state index < -0.39 is 0 Å². The Bertz CT molecular complexity index is 1650. The molecule has 5 nitrogen and oxygen atoms in total. The van der Waals surface area contributed by atoms with Crippen LogP contribution in [0, 0.1) is 0 Å². The molecule has 5 heteroatoms. The van der Waals surface area contributed by atoms with Gasteiger partial charge < -0.3 is 4.42 Å². The van der Waals surface area contributed by atoms with E-state index in [4.69, 9.17) is 9.40 Å². The van der Waals surface area contributed by atoms with Crippen molar-refractivity contribution >= 4 is 33.0 Å². The van der Waals surface area contributed by atoms with E-state index in [1.165, 1.54) is 16.8 Å². The predicted molar refractivity (Wildman–Crippen MR) is 138 cm³/mol. The standard InChI is InChI=1S/C29H26N4O/c1-17(2)19-10-7-11-20(18(3)4)27(19)33-25-16-31-30-15-24(25)32-29(33)23-13-8-12-22-21-9-5-6-14-26(21)34-28(22)23/h5-18H,1-4H3. The van der Waals surface area contributed by atoms with Crippen molar-refractivity contribution in [3.8, 4) is 17.1 Å². The highest BCUT2D eigenvalue weighted by atomic mass is 16.3. The molecule has 0 unspecified atom stereocenters. The van der Waals surface area contributed by atoms with Crippen molar-refractivity contribution in [1.29, 1.82) is 0 Å². The number of nitrogens with zero attached hydrogens (tertiary/aromatic N) is 4. The summed E-state index contributed by atoms with van der Waals surface area (Å²) in [5.74, 6) is 1.52. The number of fused-ring (bicyclic) bond motifs is 4. The first-order chi connectivity index (χ1) is 16.5. The van der Waals surface area contributed by atoms with Crippen LogP contribution in [0.2, 0.25) is 0 Å². The molecule has 0 bridgehead atoms. The van der Waals surface area contributed by atoms with E-state index in [1.807, 2.05) is 24.4 Å². The number of aromatic nitrogens is 4. The van der Waals surface area contributed by atoms with E-state index in [-0.39, 0.29) is 0 Å². The second-order valence-electron chi connectivity index (χ2n) is 9.41. The fourth-order valence-corrected chi connectivity index (χ4v) is 4.95. The minimum Gasteiger partial charge on any atom is -0.455 e. The number of imidazole rings is 1. The fraction of sp³-hybridized carbons (Fsp3) is 0.207. The zero-order valence-electron chi connectivity index (χ0n) is 19.8. The topological polar surface area (TPSA) is 56.7 Å². The summed E-state index contributed by atoms with van der Waals surface area (Å²) in [5.41, 5.74) is 8.15. The summed E-state index contributed by atoms with van der Waals surface area (Å²) in [6, 6.07) is 21.1. The maximum absolute atomic E-state index is 6.40. The van der Waals surface area contributed by atoms with E-state index in [1.54, 1.807) is 6.20 Å². The van der Waals surface area contributed by atoms with Crippen molar-refractivity contribution in [2.24, 2.45) is 0 Å². The number of benzene rings is 3. The lowest BCUT2D eigenvalue weighted by molar-refractivity contribution is 0.669. The Morgan fingerprint density at radius 3 is 2.18 bits per heavy atom. The van der Waals surface area contributed by atoms with Crippen LogP contribution in [-0.2, 0) is 0 Å². The van der Waals surface area contributed by atoms with Crippen LogP contribution in [-0.4, -0.2) is 19.7 Å². The van der Waals surface area contributed by atoms with Crippen LogP contribution >= 0.6 is 0 Å². The molecule has 0 radical (unpaired) electrons. The van der Waals surface area contributed by atoms with Gasteiger partial charge in [0.1, 0.15) is 22.5 Å². The molecule has 0 saturated heterocycles. The van der Waals surface area contributed by atoms with Gasteiger partial charge in [-0.05, 0) is 35.1 Å². The Morgan fingerprint density at radius 1 is 0.735 bits per heavy atom. The minimum atomic E-state index is 0.343. The Balaban J connectivity index is 1.77. The van der Waals surface area contributed by atoms with Gasteiger partial charge in [0.15, 0.2) is 0 Å². The molecule has 0 amide bonds. The van der Waals surface area contributed by atoms with Gasteiger partial charge in [0.25, 0.3) is 0 Å². The molecule has 6 aromatic rings. The average Bonchev–Trinajstić information content (AvgIpc) is 3.42. The van der Waals surface area contributed by atoms with E-state index in [9.17, 15) is 0 Å². The van der Waals surface area contributed by atoms with E-state index in [0.29, 0.717) is 11.8 Å². The van der Waals surface area contributed by atoms with Gasteiger partial charge in [0.05, 0.1) is 29.2 Å². The average molecular weight is 447 g/mol. The van der Waals surface area contributed by atoms with Crippen molar-refractivity contribution in [3.05, 3.63) is 84.2 Å². The van der Waals surface area contributed by atoms with Gasteiger partial charge in [-0.2, -0.15) is 10.2 Å². The van der Waals surface area contributed by atoms with Gasteiger partial charge in [-0.25, -0.2) is 4.98 Å². The highest BCUT2D eigenvalue weighted by molar-refractivity contribution is 6.09. The smallest absolute Gasteiger partial charge is 0.149 e. The first kappa shape index (κ1) is 20.6. The molecule has 0 atom stereocenters. The lowest BCUT2D eigenvalue weighted by Gasteiger charge is -2.22. The molecule has 34 heavy (non-hydrogen) atoms. The molecule has 0 aliphatic heterocycles. The molecule has 0 saturated carbocycles. The second kappa shape index (κ2) is 7.80. The highest BCUT2D eigenvalue weighted by Gasteiger charge is 2.24. The monoisotopic (exact) mass is 446 g/mol. The lowest BCUT2D eigenvalue weighted by Crippen LogP contribution is -2.08. The quantitative estimate of drug-likeness (QED) is 0.279. The Hall–Kier alpha value is -3.99. The van der Waals surface area contributed by atoms with Gasteiger partial charge in [-0.3, -0.25) is 4.57 Å². The Labute approximate surface area is 198 Å². The van der Waals surface area contributed by atoms with Crippen molar-refractivity contribution in [2.45, 2.75) is 39.5 Å². The number of furan rings is 1. The number of rotatable bonds is 4. The third-order valence-corrected chi connectivity index (χ3v) is 6.58. The van der Waals surface area contributed by atoms with Gasteiger partial charge in [0, 0.05) is 10.8 Å². The van der Waals surface area contributed by atoms with E-state index >= 15 is 0 Å². The first-order valence-electron chi connectivity index (χ1n) is 11.8. The number of hydrogen-bond acceptors (Lipinski definition) is 4. The van der Waals surface area contributed by atoms with Gasteiger partial charge in [-0.15, -0.1) is 0 Å².